The van der Waals surface area contributed by atoms with Crippen molar-refractivity contribution in [3.05, 3.63) is 53.6 Å². The van der Waals surface area contributed by atoms with Crippen LogP contribution in [0.2, 0.25) is 5.02 Å². The van der Waals surface area contributed by atoms with E-state index in [4.69, 9.17) is 11.6 Å². The Morgan fingerprint density at radius 2 is 2.00 bits per heavy atom. The van der Waals surface area contributed by atoms with Crippen LogP contribution in [-0.4, -0.2) is 24.1 Å². The van der Waals surface area contributed by atoms with Crippen LogP contribution in [0, 0.1) is 0 Å². The average Bonchev–Trinajstić information content (AvgIpc) is 3.02. The van der Waals surface area contributed by atoms with Gasteiger partial charge in [-0.25, -0.2) is 0 Å². The molecule has 0 atom stereocenters. The van der Waals surface area contributed by atoms with Gasteiger partial charge in [-0.1, -0.05) is 29.8 Å². The third-order valence-electron chi connectivity index (χ3n) is 3.72. The molecule has 2 amide bonds. The van der Waals surface area contributed by atoms with Gasteiger partial charge in [0.25, 0.3) is 0 Å². The highest BCUT2D eigenvalue weighted by Crippen LogP contribution is 2.30. The Morgan fingerprint density at radius 3 is 2.71 bits per heavy atom. The van der Waals surface area contributed by atoms with Crippen LogP contribution in [0.3, 0.4) is 0 Å². The van der Waals surface area contributed by atoms with E-state index in [9.17, 15) is 9.59 Å². The number of carbonyl (C=O) groups is 2. The monoisotopic (exact) mass is 360 g/mol. The summed E-state index contributed by atoms with van der Waals surface area (Å²) < 4.78 is 0. The molecule has 0 radical (unpaired) electrons. The number of nitrogens with zero attached hydrogens (tertiary/aromatic N) is 1. The molecule has 0 aliphatic carbocycles. The number of thioether (sulfide) groups is 1. The largest absolute Gasteiger partial charge is 0.324 e. The quantitative estimate of drug-likeness (QED) is 0.813. The van der Waals surface area contributed by atoms with E-state index in [1.807, 2.05) is 30.3 Å². The number of hydrogen-bond donors (Lipinski definition) is 1. The van der Waals surface area contributed by atoms with Crippen molar-refractivity contribution in [1.29, 1.82) is 0 Å². The summed E-state index contributed by atoms with van der Waals surface area (Å²) in [4.78, 5) is 26.8. The van der Waals surface area contributed by atoms with Crippen LogP contribution >= 0.6 is 23.4 Å². The Kier molecular flexibility index (Phi) is 5.43. The van der Waals surface area contributed by atoms with E-state index in [0.717, 1.165) is 17.0 Å². The summed E-state index contributed by atoms with van der Waals surface area (Å²) >= 11 is 7.64. The smallest absolute Gasteiger partial charge is 0.234 e. The first-order valence-corrected chi connectivity index (χ1v) is 9.07. The number of halogens is 1. The molecule has 1 N–H and O–H groups in total. The number of benzene rings is 2. The molecule has 3 rings (SSSR count). The minimum absolute atomic E-state index is 0.106. The van der Waals surface area contributed by atoms with E-state index in [2.05, 4.69) is 5.32 Å². The third kappa shape index (κ3) is 4.10. The maximum absolute atomic E-state index is 12.2. The van der Waals surface area contributed by atoms with Crippen molar-refractivity contribution in [2.24, 2.45) is 0 Å². The average molecular weight is 361 g/mol. The van der Waals surface area contributed by atoms with E-state index >= 15 is 0 Å². The summed E-state index contributed by atoms with van der Waals surface area (Å²) in [5.74, 6) is 0.276. The molecule has 0 aromatic heterocycles. The second-order valence-corrected chi connectivity index (χ2v) is 6.92. The highest BCUT2D eigenvalue weighted by Gasteiger charge is 2.22. The molecular formula is C18H17ClN2O2S. The van der Waals surface area contributed by atoms with E-state index in [1.54, 1.807) is 23.1 Å². The first kappa shape index (κ1) is 16.9. The molecular weight excluding hydrogens is 344 g/mol. The van der Waals surface area contributed by atoms with Gasteiger partial charge in [0.15, 0.2) is 0 Å². The minimum atomic E-state index is -0.129. The summed E-state index contributed by atoms with van der Waals surface area (Å²) in [6.07, 6.45) is 1.43. The van der Waals surface area contributed by atoms with Gasteiger partial charge in [-0.3, -0.25) is 9.59 Å². The van der Waals surface area contributed by atoms with Crippen molar-refractivity contribution < 1.29 is 9.59 Å². The molecule has 2 aromatic carbocycles. The summed E-state index contributed by atoms with van der Waals surface area (Å²) in [6.45, 7) is 0.706. The standard InChI is InChI=1S/C18H17ClN2O2S/c19-15-9-8-13(21-10-4-7-18(21)23)11-16(15)20-17(22)12-24-14-5-2-1-3-6-14/h1-3,5-6,8-9,11H,4,7,10,12H2,(H,20,22). The van der Waals surface area contributed by atoms with E-state index in [-0.39, 0.29) is 11.8 Å². The van der Waals surface area contributed by atoms with Crippen LogP contribution in [0.25, 0.3) is 0 Å². The number of rotatable bonds is 5. The normalized spacial score (nSPS) is 14.0. The Hall–Kier alpha value is -1.98. The highest BCUT2D eigenvalue weighted by molar-refractivity contribution is 8.00. The Balaban J connectivity index is 1.65. The van der Waals surface area contributed by atoms with Crippen LogP contribution in [-0.2, 0) is 9.59 Å². The van der Waals surface area contributed by atoms with Crippen LogP contribution in [0.5, 0.6) is 0 Å². The van der Waals surface area contributed by atoms with Crippen LogP contribution in [0.4, 0.5) is 11.4 Å². The van der Waals surface area contributed by atoms with E-state index in [1.165, 1.54) is 11.8 Å². The summed E-state index contributed by atoms with van der Waals surface area (Å²) in [6, 6.07) is 15.0. The van der Waals surface area contributed by atoms with Gasteiger partial charge in [0, 0.05) is 23.5 Å². The van der Waals surface area contributed by atoms with Gasteiger partial charge in [0.2, 0.25) is 11.8 Å². The molecule has 1 aliphatic heterocycles. The molecule has 24 heavy (non-hydrogen) atoms. The molecule has 4 nitrogen and oxygen atoms in total. The molecule has 0 spiro atoms. The van der Waals surface area contributed by atoms with Gasteiger partial charge in [0.05, 0.1) is 16.5 Å². The maximum Gasteiger partial charge on any atom is 0.234 e. The first-order chi connectivity index (χ1) is 11.6. The lowest BCUT2D eigenvalue weighted by Crippen LogP contribution is -2.24. The molecule has 2 aromatic rings. The lowest BCUT2D eigenvalue weighted by Gasteiger charge is -2.17. The first-order valence-electron chi connectivity index (χ1n) is 7.71. The maximum atomic E-state index is 12.2. The Bertz CT molecular complexity index is 752. The van der Waals surface area contributed by atoms with Crippen LogP contribution in [0.1, 0.15) is 12.8 Å². The number of nitrogens with one attached hydrogen (secondary N) is 1. The number of hydrogen-bond acceptors (Lipinski definition) is 3. The predicted molar refractivity (Wildman–Crippen MR) is 98.8 cm³/mol. The van der Waals surface area contributed by atoms with Gasteiger partial charge >= 0.3 is 0 Å². The molecule has 0 bridgehead atoms. The van der Waals surface area contributed by atoms with Crippen molar-refractivity contribution in [3.8, 4) is 0 Å². The van der Waals surface area contributed by atoms with Gasteiger partial charge in [-0.15, -0.1) is 11.8 Å². The lowest BCUT2D eigenvalue weighted by molar-refractivity contribution is -0.117. The van der Waals surface area contributed by atoms with Crippen LogP contribution in [0.15, 0.2) is 53.4 Å². The molecule has 1 heterocycles. The summed E-state index contributed by atoms with van der Waals surface area (Å²) in [5.41, 5.74) is 1.31. The fourth-order valence-electron chi connectivity index (χ4n) is 2.55. The molecule has 1 aliphatic rings. The Labute approximate surface area is 150 Å². The molecule has 124 valence electrons. The predicted octanol–water partition coefficient (Wildman–Crippen LogP) is 4.20. The molecule has 0 saturated carbocycles. The number of anilines is 2. The zero-order valence-corrected chi connectivity index (χ0v) is 14.6. The van der Waals surface area contributed by atoms with Crippen molar-refractivity contribution >= 4 is 46.6 Å². The third-order valence-corrected chi connectivity index (χ3v) is 5.06. The van der Waals surface area contributed by atoms with E-state index < -0.39 is 0 Å². The van der Waals surface area contributed by atoms with Crippen molar-refractivity contribution in [3.63, 3.8) is 0 Å². The van der Waals surface area contributed by atoms with Gasteiger partial charge in [0.1, 0.15) is 0 Å². The topological polar surface area (TPSA) is 49.4 Å². The summed E-state index contributed by atoms with van der Waals surface area (Å²) in [7, 11) is 0. The number of carbonyl (C=O) groups excluding carboxylic acids is 2. The fraction of sp³-hybridized carbons (Fsp3) is 0.222. The van der Waals surface area contributed by atoms with Gasteiger partial charge < -0.3 is 10.2 Å². The lowest BCUT2D eigenvalue weighted by atomic mass is 10.2. The molecule has 1 fully saturated rings. The van der Waals surface area contributed by atoms with Gasteiger partial charge in [-0.05, 0) is 36.8 Å². The molecule has 1 saturated heterocycles. The second-order valence-electron chi connectivity index (χ2n) is 5.46. The van der Waals surface area contributed by atoms with Crippen molar-refractivity contribution in [2.45, 2.75) is 17.7 Å². The second kappa shape index (κ2) is 7.73. The van der Waals surface area contributed by atoms with Crippen molar-refractivity contribution in [1.82, 2.24) is 0 Å². The van der Waals surface area contributed by atoms with Gasteiger partial charge in [-0.2, -0.15) is 0 Å². The Morgan fingerprint density at radius 1 is 1.21 bits per heavy atom. The van der Waals surface area contributed by atoms with Crippen LogP contribution < -0.4 is 10.2 Å². The molecule has 6 heteroatoms. The van der Waals surface area contributed by atoms with Crippen molar-refractivity contribution in [2.75, 3.05) is 22.5 Å². The summed E-state index contributed by atoms with van der Waals surface area (Å²) in [5, 5.41) is 3.29. The SMILES string of the molecule is O=C(CSc1ccccc1)Nc1cc(N2CCCC2=O)ccc1Cl. The highest BCUT2D eigenvalue weighted by atomic mass is 35.5. The molecule has 0 unspecified atom stereocenters. The zero-order valence-electron chi connectivity index (χ0n) is 13.0. The number of amides is 2. The minimum Gasteiger partial charge on any atom is -0.324 e. The fourth-order valence-corrected chi connectivity index (χ4v) is 3.43. The zero-order chi connectivity index (χ0) is 16.9. The van der Waals surface area contributed by atoms with E-state index in [0.29, 0.717) is 29.4 Å².